The van der Waals surface area contributed by atoms with E-state index in [0.717, 1.165) is 35.0 Å². The number of rotatable bonds is 7. The molecule has 1 saturated carbocycles. The molecule has 0 atom stereocenters. The Bertz CT molecular complexity index is 1490. The van der Waals surface area contributed by atoms with Gasteiger partial charge in [0.15, 0.2) is 5.13 Å². The number of amides is 1. The van der Waals surface area contributed by atoms with Gasteiger partial charge in [-0.2, -0.15) is 0 Å². The van der Waals surface area contributed by atoms with Gasteiger partial charge in [0, 0.05) is 43.8 Å². The number of halogens is 2. The van der Waals surface area contributed by atoms with Gasteiger partial charge in [-0.3, -0.25) is 19.8 Å². The Kier molecular flexibility index (Phi) is 9.16. The number of anilines is 2. The third-order valence-corrected chi connectivity index (χ3v) is 11.1. The summed E-state index contributed by atoms with van der Waals surface area (Å²) in [5, 5.41) is 15.7. The van der Waals surface area contributed by atoms with Crippen molar-refractivity contribution >= 4 is 74.3 Å². The molecule has 5 heterocycles. The summed E-state index contributed by atoms with van der Waals surface area (Å²) in [6, 6.07) is 4.22. The quantitative estimate of drug-likeness (QED) is 0.274. The Morgan fingerprint density at radius 3 is 2.48 bits per heavy atom. The highest BCUT2D eigenvalue weighted by molar-refractivity contribution is 7.18. The van der Waals surface area contributed by atoms with Crippen LogP contribution >= 0.6 is 45.9 Å². The summed E-state index contributed by atoms with van der Waals surface area (Å²) in [5.41, 5.74) is 2.45. The zero-order valence-corrected chi connectivity index (χ0v) is 26.3. The van der Waals surface area contributed by atoms with Gasteiger partial charge in [-0.1, -0.05) is 59.9 Å². The molecule has 1 saturated heterocycles. The van der Waals surface area contributed by atoms with Gasteiger partial charge in [0.05, 0.1) is 31.3 Å². The molecule has 1 amide bonds. The van der Waals surface area contributed by atoms with Gasteiger partial charge in [-0.15, -0.1) is 11.3 Å². The maximum atomic E-state index is 13.3. The van der Waals surface area contributed by atoms with Gasteiger partial charge in [0.1, 0.15) is 11.5 Å². The zero-order chi connectivity index (χ0) is 29.2. The molecule has 42 heavy (non-hydrogen) atoms. The van der Waals surface area contributed by atoms with Crippen molar-refractivity contribution in [2.45, 2.75) is 57.4 Å². The van der Waals surface area contributed by atoms with E-state index in [1.165, 1.54) is 55.2 Å². The van der Waals surface area contributed by atoms with Gasteiger partial charge in [-0.25, -0.2) is 9.97 Å². The van der Waals surface area contributed by atoms with Crippen LogP contribution in [0.2, 0.25) is 10.0 Å². The molecule has 3 aromatic rings. The number of nitrogens with zero attached hydrogens (tertiary/aromatic N) is 4. The van der Waals surface area contributed by atoms with Crippen LogP contribution in [0.25, 0.3) is 16.1 Å². The lowest BCUT2D eigenvalue weighted by Crippen LogP contribution is -2.39. The summed E-state index contributed by atoms with van der Waals surface area (Å²) in [6.07, 6.45) is 12.5. The molecule has 2 aliphatic heterocycles. The summed E-state index contributed by atoms with van der Waals surface area (Å²) in [5.74, 6) is -0.879. The van der Waals surface area contributed by atoms with E-state index in [1.54, 1.807) is 17.4 Å². The van der Waals surface area contributed by atoms with Gasteiger partial charge in [0.2, 0.25) is 0 Å². The van der Waals surface area contributed by atoms with Crippen LogP contribution in [-0.2, 0) is 4.79 Å². The number of aromatic nitrogens is 2. The minimum atomic E-state index is -0.766. The standard InChI is InChI=1S/C30H33Cl2N5O3S2/c31-21-15-24(41-17-21)25-26(18-6-10-36(11-7-18)22-4-2-1-3-5-22)42-30(34-25)35-28(38)20-14-23(32)27(33-16-20)37-12-8-19(9-13-37)29(39)40/h6,14-17,19,22H,1-5,7-13H2,(H,39,40)(H,34,35,38). The number of thiazole rings is 1. The fraction of sp³-hybridized carbons (Fsp3) is 0.467. The molecule has 3 aliphatic rings. The maximum absolute atomic E-state index is 13.3. The van der Waals surface area contributed by atoms with Crippen molar-refractivity contribution in [2.24, 2.45) is 5.92 Å². The Labute approximate surface area is 263 Å². The van der Waals surface area contributed by atoms with E-state index in [4.69, 9.17) is 28.2 Å². The summed E-state index contributed by atoms with van der Waals surface area (Å²) in [7, 11) is 0. The summed E-state index contributed by atoms with van der Waals surface area (Å²) < 4.78 is 0. The first-order valence-corrected chi connectivity index (χ1v) is 16.9. The average molecular weight is 647 g/mol. The number of carbonyl (C=O) groups excluding carboxylic acids is 1. The van der Waals surface area contributed by atoms with E-state index in [1.807, 2.05) is 16.3 Å². The second kappa shape index (κ2) is 13.0. The third-order valence-electron chi connectivity index (χ3n) is 8.50. The van der Waals surface area contributed by atoms with Crippen molar-refractivity contribution in [3.8, 4) is 10.6 Å². The molecule has 2 N–H and O–H groups in total. The van der Waals surface area contributed by atoms with Crippen molar-refractivity contribution in [2.75, 3.05) is 36.4 Å². The number of thiophene rings is 1. The highest BCUT2D eigenvalue weighted by Gasteiger charge is 2.28. The lowest BCUT2D eigenvalue weighted by Gasteiger charge is -2.36. The average Bonchev–Trinajstić information content (AvgIpc) is 3.63. The van der Waals surface area contributed by atoms with Crippen molar-refractivity contribution in [3.63, 3.8) is 0 Å². The molecule has 0 bridgehead atoms. The largest absolute Gasteiger partial charge is 0.481 e. The highest BCUT2D eigenvalue weighted by atomic mass is 35.5. The van der Waals surface area contributed by atoms with Crippen molar-refractivity contribution in [1.29, 1.82) is 0 Å². The van der Waals surface area contributed by atoms with E-state index in [-0.39, 0.29) is 11.8 Å². The number of carboxylic acid groups (broad SMARTS) is 1. The smallest absolute Gasteiger partial charge is 0.306 e. The Balaban J connectivity index is 1.18. The monoisotopic (exact) mass is 645 g/mol. The van der Waals surface area contributed by atoms with Gasteiger partial charge in [-0.05, 0) is 49.8 Å². The summed E-state index contributed by atoms with van der Waals surface area (Å²) >= 11 is 15.9. The first-order valence-electron chi connectivity index (χ1n) is 14.5. The summed E-state index contributed by atoms with van der Waals surface area (Å²) in [4.78, 5) is 40.5. The van der Waals surface area contributed by atoms with Crippen LogP contribution in [0.4, 0.5) is 10.9 Å². The lowest BCUT2D eigenvalue weighted by atomic mass is 9.92. The second-order valence-corrected chi connectivity index (χ2v) is 13.9. The summed E-state index contributed by atoms with van der Waals surface area (Å²) in [6.45, 7) is 3.09. The van der Waals surface area contributed by atoms with Crippen LogP contribution in [0.3, 0.4) is 0 Å². The molecule has 0 unspecified atom stereocenters. The molecule has 0 radical (unpaired) electrons. The van der Waals surface area contributed by atoms with Crippen LogP contribution in [0.1, 0.15) is 66.6 Å². The fourth-order valence-electron chi connectivity index (χ4n) is 6.16. The van der Waals surface area contributed by atoms with Crippen LogP contribution in [0, 0.1) is 5.92 Å². The molecule has 6 rings (SSSR count). The van der Waals surface area contributed by atoms with Crippen LogP contribution in [-0.4, -0.2) is 64.1 Å². The van der Waals surface area contributed by atoms with E-state index in [9.17, 15) is 14.7 Å². The highest BCUT2D eigenvalue weighted by Crippen LogP contribution is 2.42. The maximum Gasteiger partial charge on any atom is 0.306 e. The first-order chi connectivity index (χ1) is 20.4. The molecule has 3 aromatic heterocycles. The molecule has 222 valence electrons. The molecule has 8 nitrogen and oxygen atoms in total. The topological polar surface area (TPSA) is 98.7 Å². The van der Waals surface area contributed by atoms with E-state index in [0.29, 0.717) is 58.5 Å². The van der Waals surface area contributed by atoms with E-state index in [2.05, 4.69) is 21.3 Å². The van der Waals surface area contributed by atoms with Crippen molar-refractivity contribution < 1.29 is 14.7 Å². The Morgan fingerprint density at radius 2 is 1.83 bits per heavy atom. The van der Waals surface area contributed by atoms with Crippen LogP contribution < -0.4 is 10.2 Å². The van der Waals surface area contributed by atoms with Crippen molar-refractivity contribution in [3.05, 3.63) is 50.3 Å². The van der Waals surface area contributed by atoms with E-state index >= 15 is 0 Å². The molecule has 12 heteroatoms. The molecular formula is C30H33Cl2N5O3S2. The SMILES string of the molecule is O=C(Nc1nc(-c2cc(Cl)cs2)c(C2=CCN(C3CCCCC3)CC2)s1)c1cnc(N2CCC(C(=O)O)CC2)c(Cl)c1. The second-order valence-electron chi connectivity index (χ2n) is 11.2. The molecule has 0 spiro atoms. The lowest BCUT2D eigenvalue weighted by molar-refractivity contribution is -0.142. The Morgan fingerprint density at radius 1 is 1.05 bits per heavy atom. The number of carbonyl (C=O) groups is 2. The minimum Gasteiger partial charge on any atom is -0.481 e. The van der Waals surface area contributed by atoms with Gasteiger partial charge < -0.3 is 10.0 Å². The zero-order valence-electron chi connectivity index (χ0n) is 23.2. The fourth-order valence-corrected chi connectivity index (χ4v) is 8.62. The van der Waals surface area contributed by atoms with Crippen LogP contribution in [0.5, 0.6) is 0 Å². The number of aliphatic carboxylic acids is 1. The predicted molar refractivity (Wildman–Crippen MR) is 171 cm³/mol. The first kappa shape index (κ1) is 29.6. The van der Waals surface area contributed by atoms with E-state index < -0.39 is 5.97 Å². The molecular weight excluding hydrogens is 613 g/mol. The van der Waals surface area contributed by atoms with Crippen LogP contribution in [0.15, 0.2) is 29.8 Å². The molecule has 1 aliphatic carbocycles. The number of carboxylic acids is 1. The van der Waals surface area contributed by atoms with Crippen molar-refractivity contribution in [1.82, 2.24) is 14.9 Å². The number of nitrogens with one attached hydrogen (secondary N) is 1. The number of hydrogen-bond acceptors (Lipinski definition) is 8. The number of pyridine rings is 1. The number of piperidine rings is 1. The van der Waals surface area contributed by atoms with Gasteiger partial charge in [0.25, 0.3) is 5.91 Å². The Hall–Kier alpha value is -2.50. The molecule has 2 fully saturated rings. The van der Waals surface area contributed by atoms with Gasteiger partial charge >= 0.3 is 5.97 Å². The predicted octanol–water partition coefficient (Wildman–Crippen LogP) is 7.55. The molecule has 0 aromatic carbocycles. The minimum absolute atomic E-state index is 0.335. The third kappa shape index (κ3) is 6.53. The normalized spacial score (nSPS) is 19.1. The number of hydrogen-bond donors (Lipinski definition) is 2.